The Morgan fingerprint density at radius 2 is 2.20 bits per heavy atom. The van der Waals surface area contributed by atoms with Crippen LogP contribution in [0.4, 0.5) is 0 Å². The minimum atomic E-state index is -0.235. The van der Waals surface area contributed by atoms with E-state index in [1.807, 2.05) is 37.4 Å². The van der Waals surface area contributed by atoms with E-state index in [2.05, 4.69) is 15.5 Å². The molecule has 1 aliphatic rings. The molecule has 5 nitrogen and oxygen atoms in total. The van der Waals surface area contributed by atoms with E-state index in [-0.39, 0.29) is 5.91 Å². The number of nitrogens with one attached hydrogen (secondary N) is 2. The third-order valence-electron chi connectivity index (χ3n) is 3.10. The summed E-state index contributed by atoms with van der Waals surface area (Å²) in [6.45, 7) is 2.55. The quantitative estimate of drug-likeness (QED) is 0.840. The lowest BCUT2D eigenvalue weighted by molar-refractivity contribution is -0.116. The van der Waals surface area contributed by atoms with Gasteiger partial charge < -0.3 is 9.72 Å². The maximum atomic E-state index is 11.8. The standard InChI is InChI=1S/C15H15N3O2/c1-2-7-20-15-12(14(19)17-18-15)8-10-9-16-13-6-4-3-5-11(10)13/h3-6,8-9,16H,2,7H2,1H3,(H,17,19). The van der Waals surface area contributed by atoms with Gasteiger partial charge in [-0.2, -0.15) is 0 Å². The number of nitrogens with zero attached hydrogens (tertiary/aromatic N) is 1. The SMILES string of the molecule is CCCOC1=NNC(=O)C1=Cc1c[nH]c2ccccc12. The van der Waals surface area contributed by atoms with Crippen molar-refractivity contribution >= 4 is 28.8 Å². The fraction of sp³-hybridized carbons (Fsp3) is 0.200. The van der Waals surface area contributed by atoms with Crippen molar-refractivity contribution in [1.29, 1.82) is 0 Å². The van der Waals surface area contributed by atoms with Crippen LogP contribution in [0.5, 0.6) is 0 Å². The molecule has 1 aromatic carbocycles. The van der Waals surface area contributed by atoms with Gasteiger partial charge in [-0.05, 0) is 18.6 Å². The number of benzene rings is 1. The number of hydrogen-bond donors (Lipinski definition) is 2. The Kier molecular flexibility index (Phi) is 3.25. The molecular formula is C15H15N3O2. The van der Waals surface area contributed by atoms with Crippen LogP contribution >= 0.6 is 0 Å². The van der Waals surface area contributed by atoms with Crippen molar-refractivity contribution < 1.29 is 9.53 Å². The average molecular weight is 269 g/mol. The molecule has 0 saturated carbocycles. The minimum absolute atomic E-state index is 0.235. The van der Waals surface area contributed by atoms with Crippen molar-refractivity contribution in [3.8, 4) is 0 Å². The van der Waals surface area contributed by atoms with Gasteiger partial charge in [-0.1, -0.05) is 25.1 Å². The van der Waals surface area contributed by atoms with E-state index in [9.17, 15) is 4.79 Å². The van der Waals surface area contributed by atoms with Crippen molar-refractivity contribution in [3.63, 3.8) is 0 Å². The molecule has 0 saturated heterocycles. The van der Waals surface area contributed by atoms with Crippen LogP contribution in [-0.2, 0) is 9.53 Å². The van der Waals surface area contributed by atoms with Crippen LogP contribution in [0.2, 0.25) is 0 Å². The molecule has 0 unspecified atom stereocenters. The molecule has 2 heterocycles. The van der Waals surface area contributed by atoms with Crippen molar-refractivity contribution in [2.45, 2.75) is 13.3 Å². The van der Waals surface area contributed by atoms with E-state index < -0.39 is 0 Å². The van der Waals surface area contributed by atoms with Crippen molar-refractivity contribution in [2.24, 2.45) is 5.10 Å². The summed E-state index contributed by atoms with van der Waals surface area (Å²) in [5.41, 5.74) is 4.87. The molecule has 1 amide bonds. The van der Waals surface area contributed by atoms with E-state index in [0.717, 1.165) is 22.9 Å². The number of rotatable bonds is 3. The lowest BCUT2D eigenvalue weighted by atomic mass is 10.1. The number of aromatic amines is 1. The van der Waals surface area contributed by atoms with Gasteiger partial charge in [-0.15, -0.1) is 5.10 Å². The second-order valence-electron chi connectivity index (χ2n) is 4.55. The Labute approximate surface area is 116 Å². The lowest BCUT2D eigenvalue weighted by Crippen LogP contribution is -2.14. The number of aromatic nitrogens is 1. The Bertz CT molecular complexity index is 713. The highest BCUT2D eigenvalue weighted by Gasteiger charge is 2.24. The van der Waals surface area contributed by atoms with Gasteiger partial charge in [0.2, 0.25) is 5.90 Å². The van der Waals surface area contributed by atoms with Crippen molar-refractivity contribution in [1.82, 2.24) is 10.4 Å². The summed E-state index contributed by atoms with van der Waals surface area (Å²) in [7, 11) is 0. The summed E-state index contributed by atoms with van der Waals surface area (Å²) in [6, 6.07) is 7.94. The second kappa shape index (κ2) is 5.21. The molecule has 20 heavy (non-hydrogen) atoms. The van der Waals surface area contributed by atoms with Gasteiger partial charge in [0.25, 0.3) is 5.91 Å². The number of hydrogen-bond acceptors (Lipinski definition) is 3. The molecule has 0 bridgehead atoms. The number of amides is 1. The molecule has 0 atom stereocenters. The molecule has 0 radical (unpaired) electrons. The number of ether oxygens (including phenoxy) is 1. The fourth-order valence-corrected chi connectivity index (χ4v) is 2.12. The summed E-state index contributed by atoms with van der Waals surface area (Å²) < 4.78 is 5.48. The Morgan fingerprint density at radius 3 is 3.05 bits per heavy atom. The zero-order valence-electron chi connectivity index (χ0n) is 11.1. The van der Waals surface area contributed by atoms with E-state index in [1.165, 1.54) is 0 Å². The largest absolute Gasteiger partial charge is 0.476 e. The number of fused-ring (bicyclic) bond motifs is 1. The fourth-order valence-electron chi connectivity index (χ4n) is 2.12. The first-order valence-electron chi connectivity index (χ1n) is 6.58. The van der Waals surface area contributed by atoms with Gasteiger partial charge in [-0.3, -0.25) is 4.79 Å². The summed E-state index contributed by atoms with van der Waals surface area (Å²) >= 11 is 0. The third-order valence-corrected chi connectivity index (χ3v) is 3.10. The number of para-hydroxylation sites is 1. The summed E-state index contributed by atoms with van der Waals surface area (Å²) in [5.74, 6) is 0.128. The summed E-state index contributed by atoms with van der Waals surface area (Å²) in [4.78, 5) is 15.0. The highest BCUT2D eigenvalue weighted by molar-refractivity contribution is 6.25. The van der Waals surface area contributed by atoms with Crippen LogP contribution in [0.15, 0.2) is 41.1 Å². The molecule has 0 aliphatic carbocycles. The summed E-state index contributed by atoms with van der Waals surface area (Å²) in [6.07, 6.45) is 4.55. The molecule has 3 rings (SSSR count). The van der Waals surface area contributed by atoms with Gasteiger partial charge in [0.05, 0.1) is 6.61 Å². The smallest absolute Gasteiger partial charge is 0.277 e. The van der Waals surface area contributed by atoms with Gasteiger partial charge in [0.15, 0.2) is 0 Å². The van der Waals surface area contributed by atoms with E-state index >= 15 is 0 Å². The minimum Gasteiger partial charge on any atom is -0.476 e. The first-order valence-corrected chi connectivity index (χ1v) is 6.58. The number of carbonyl (C=O) groups excluding carboxylic acids is 1. The zero-order valence-corrected chi connectivity index (χ0v) is 11.1. The second-order valence-corrected chi connectivity index (χ2v) is 4.55. The Morgan fingerprint density at radius 1 is 1.35 bits per heavy atom. The maximum Gasteiger partial charge on any atom is 0.277 e. The van der Waals surface area contributed by atoms with Crippen LogP contribution in [0, 0.1) is 0 Å². The summed E-state index contributed by atoms with van der Waals surface area (Å²) in [5, 5.41) is 4.98. The molecule has 1 aliphatic heterocycles. The number of carbonyl (C=O) groups is 1. The predicted molar refractivity (Wildman–Crippen MR) is 78.1 cm³/mol. The van der Waals surface area contributed by atoms with Crippen LogP contribution in [0.25, 0.3) is 17.0 Å². The topological polar surface area (TPSA) is 66.5 Å². The third kappa shape index (κ3) is 2.18. The van der Waals surface area contributed by atoms with Gasteiger partial charge >= 0.3 is 0 Å². The number of H-pyrrole nitrogens is 1. The monoisotopic (exact) mass is 269 g/mol. The first kappa shape index (κ1) is 12.5. The van der Waals surface area contributed by atoms with Gasteiger partial charge in [-0.25, -0.2) is 5.43 Å². The molecule has 102 valence electrons. The predicted octanol–water partition coefficient (Wildman–Crippen LogP) is 2.42. The van der Waals surface area contributed by atoms with Crippen molar-refractivity contribution in [2.75, 3.05) is 6.61 Å². The van der Waals surface area contributed by atoms with Gasteiger partial charge in [0, 0.05) is 22.7 Å². The van der Waals surface area contributed by atoms with Gasteiger partial charge in [0.1, 0.15) is 5.57 Å². The van der Waals surface area contributed by atoms with Crippen LogP contribution in [0.3, 0.4) is 0 Å². The lowest BCUT2D eigenvalue weighted by Gasteiger charge is -2.03. The molecule has 1 aromatic heterocycles. The molecule has 2 aromatic rings. The van der Waals surface area contributed by atoms with Crippen LogP contribution in [-0.4, -0.2) is 23.4 Å². The molecule has 2 N–H and O–H groups in total. The molecular weight excluding hydrogens is 254 g/mol. The molecule has 0 spiro atoms. The van der Waals surface area contributed by atoms with Crippen molar-refractivity contribution in [3.05, 3.63) is 41.6 Å². The number of hydrazone groups is 1. The van der Waals surface area contributed by atoms with E-state index in [0.29, 0.717) is 18.1 Å². The molecule has 0 fully saturated rings. The van der Waals surface area contributed by atoms with E-state index in [1.54, 1.807) is 6.08 Å². The van der Waals surface area contributed by atoms with Crippen LogP contribution in [0.1, 0.15) is 18.9 Å². The molecule has 5 heteroatoms. The highest BCUT2D eigenvalue weighted by Crippen LogP contribution is 2.22. The van der Waals surface area contributed by atoms with E-state index in [4.69, 9.17) is 4.74 Å². The highest BCUT2D eigenvalue weighted by atomic mass is 16.5. The average Bonchev–Trinajstić information content (AvgIpc) is 3.03. The normalized spacial score (nSPS) is 16.6. The Hall–Kier alpha value is -2.56. The first-order chi connectivity index (χ1) is 9.79. The zero-order chi connectivity index (χ0) is 13.9. The Balaban J connectivity index is 1.97. The van der Waals surface area contributed by atoms with Crippen LogP contribution < -0.4 is 5.43 Å². The maximum absolute atomic E-state index is 11.8.